The molecule has 1 unspecified atom stereocenters. The van der Waals surface area contributed by atoms with Crippen molar-refractivity contribution < 1.29 is 9.84 Å². The monoisotopic (exact) mass is 340 g/mol. The van der Waals surface area contributed by atoms with Crippen LogP contribution in [0.2, 0.25) is 0 Å². The van der Waals surface area contributed by atoms with Crippen molar-refractivity contribution in [3.8, 4) is 5.75 Å². The number of benzene rings is 2. The van der Waals surface area contributed by atoms with Gasteiger partial charge in [-0.15, -0.1) is 0 Å². The highest BCUT2D eigenvalue weighted by atomic mass is 16.5. The highest BCUT2D eigenvalue weighted by molar-refractivity contribution is 5.51. The number of rotatable bonds is 5. The SMILES string of the molecule is COc1cccc(N2CCN(CC(O)c3cc(C)ccc3C)CC2)c1. The van der Waals surface area contributed by atoms with Gasteiger partial charge in [0.1, 0.15) is 5.75 Å². The number of hydrogen-bond acceptors (Lipinski definition) is 4. The molecule has 1 aliphatic rings. The second-order valence-electron chi connectivity index (χ2n) is 6.86. The summed E-state index contributed by atoms with van der Waals surface area (Å²) in [6, 6.07) is 14.5. The maximum absolute atomic E-state index is 10.7. The quantitative estimate of drug-likeness (QED) is 0.907. The third kappa shape index (κ3) is 4.33. The van der Waals surface area contributed by atoms with Crippen LogP contribution in [0.1, 0.15) is 22.8 Å². The van der Waals surface area contributed by atoms with Crippen LogP contribution in [0.25, 0.3) is 0 Å². The molecule has 1 N–H and O–H groups in total. The summed E-state index contributed by atoms with van der Waals surface area (Å²) >= 11 is 0. The molecule has 3 rings (SSSR count). The van der Waals surface area contributed by atoms with E-state index in [4.69, 9.17) is 4.74 Å². The van der Waals surface area contributed by atoms with Crippen LogP contribution in [-0.2, 0) is 0 Å². The van der Waals surface area contributed by atoms with Crippen LogP contribution in [0, 0.1) is 13.8 Å². The molecule has 1 saturated heterocycles. The zero-order valence-corrected chi connectivity index (χ0v) is 15.4. The number of aliphatic hydroxyl groups is 1. The summed E-state index contributed by atoms with van der Waals surface area (Å²) in [5.41, 5.74) is 4.61. The normalized spacial score (nSPS) is 16.7. The van der Waals surface area contributed by atoms with E-state index in [1.165, 1.54) is 11.3 Å². The van der Waals surface area contributed by atoms with Crippen LogP contribution in [0.15, 0.2) is 42.5 Å². The minimum Gasteiger partial charge on any atom is -0.497 e. The van der Waals surface area contributed by atoms with E-state index in [2.05, 4.69) is 54.0 Å². The van der Waals surface area contributed by atoms with Gasteiger partial charge in [0.2, 0.25) is 0 Å². The summed E-state index contributed by atoms with van der Waals surface area (Å²) in [5, 5.41) is 10.7. The largest absolute Gasteiger partial charge is 0.497 e. The fourth-order valence-electron chi connectivity index (χ4n) is 3.46. The molecule has 134 valence electrons. The highest BCUT2D eigenvalue weighted by Gasteiger charge is 2.21. The van der Waals surface area contributed by atoms with Crippen molar-refractivity contribution in [2.75, 3.05) is 44.7 Å². The Morgan fingerprint density at radius 3 is 2.52 bits per heavy atom. The van der Waals surface area contributed by atoms with E-state index in [9.17, 15) is 5.11 Å². The van der Waals surface area contributed by atoms with Crippen molar-refractivity contribution in [2.24, 2.45) is 0 Å². The van der Waals surface area contributed by atoms with Gasteiger partial charge in [0.05, 0.1) is 13.2 Å². The first-order valence-corrected chi connectivity index (χ1v) is 8.93. The average molecular weight is 340 g/mol. The van der Waals surface area contributed by atoms with Gasteiger partial charge in [-0.05, 0) is 37.1 Å². The maximum Gasteiger partial charge on any atom is 0.120 e. The van der Waals surface area contributed by atoms with Gasteiger partial charge in [-0.2, -0.15) is 0 Å². The van der Waals surface area contributed by atoms with E-state index in [0.717, 1.165) is 43.1 Å². The Balaban J connectivity index is 1.58. The fraction of sp³-hybridized carbons (Fsp3) is 0.429. The van der Waals surface area contributed by atoms with Gasteiger partial charge in [0.25, 0.3) is 0 Å². The minimum atomic E-state index is -0.428. The Labute approximate surface area is 150 Å². The van der Waals surface area contributed by atoms with Crippen molar-refractivity contribution in [1.82, 2.24) is 4.90 Å². The molecular formula is C21H28N2O2. The average Bonchev–Trinajstić information content (AvgIpc) is 2.64. The number of nitrogens with zero attached hydrogens (tertiary/aromatic N) is 2. The van der Waals surface area contributed by atoms with Gasteiger partial charge in [-0.3, -0.25) is 4.90 Å². The molecule has 1 aliphatic heterocycles. The van der Waals surface area contributed by atoms with Gasteiger partial charge in [-0.1, -0.05) is 29.8 Å². The smallest absolute Gasteiger partial charge is 0.120 e. The lowest BCUT2D eigenvalue weighted by atomic mass is 10.0. The molecule has 4 heteroatoms. The number of aliphatic hydroxyl groups excluding tert-OH is 1. The first kappa shape index (κ1) is 17.8. The maximum atomic E-state index is 10.7. The summed E-state index contributed by atoms with van der Waals surface area (Å²) < 4.78 is 5.32. The number of piperazine rings is 1. The van der Waals surface area contributed by atoms with Gasteiger partial charge in [0, 0.05) is 44.5 Å². The van der Waals surface area contributed by atoms with E-state index in [0.29, 0.717) is 6.54 Å². The predicted octanol–water partition coefficient (Wildman–Crippen LogP) is 3.17. The van der Waals surface area contributed by atoms with Crippen LogP contribution >= 0.6 is 0 Å². The van der Waals surface area contributed by atoms with Crippen LogP contribution < -0.4 is 9.64 Å². The standard InChI is InChI=1S/C21H28N2O2/c1-16-7-8-17(2)20(13-16)21(24)15-22-9-11-23(12-10-22)18-5-4-6-19(14-18)25-3/h4-8,13-14,21,24H,9-12,15H2,1-3H3. The molecule has 1 fully saturated rings. The van der Waals surface area contributed by atoms with E-state index in [1.807, 2.05) is 12.1 Å². The Bertz CT molecular complexity index is 709. The highest BCUT2D eigenvalue weighted by Crippen LogP contribution is 2.24. The molecule has 0 spiro atoms. The summed E-state index contributed by atoms with van der Waals surface area (Å²) in [7, 11) is 1.70. The third-order valence-electron chi connectivity index (χ3n) is 5.02. The van der Waals surface area contributed by atoms with Crippen molar-refractivity contribution >= 4 is 5.69 Å². The van der Waals surface area contributed by atoms with E-state index < -0.39 is 6.10 Å². The lowest BCUT2D eigenvalue weighted by Crippen LogP contribution is -2.47. The molecule has 0 aliphatic carbocycles. The Hall–Kier alpha value is -2.04. The van der Waals surface area contributed by atoms with E-state index in [-0.39, 0.29) is 0 Å². The van der Waals surface area contributed by atoms with Crippen LogP contribution in [0.3, 0.4) is 0 Å². The molecule has 2 aromatic rings. The van der Waals surface area contributed by atoms with Gasteiger partial charge >= 0.3 is 0 Å². The number of anilines is 1. The molecule has 0 radical (unpaired) electrons. The van der Waals surface area contributed by atoms with Gasteiger partial charge in [-0.25, -0.2) is 0 Å². The zero-order valence-electron chi connectivity index (χ0n) is 15.4. The summed E-state index contributed by atoms with van der Waals surface area (Å²) in [6.45, 7) is 8.68. The van der Waals surface area contributed by atoms with Crippen molar-refractivity contribution in [3.05, 3.63) is 59.2 Å². The molecule has 0 saturated carbocycles. The fourth-order valence-corrected chi connectivity index (χ4v) is 3.46. The second kappa shape index (κ2) is 7.89. The van der Waals surface area contributed by atoms with Crippen LogP contribution in [0.5, 0.6) is 5.75 Å². The van der Waals surface area contributed by atoms with Crippen LogP contribution in [0.4, 0.5) is 5.69 Å². The summed E-state index contributed by atoms with van der Waals surface area (Å²) in [4.78, 5) is 4.73. The molecule has 2 aromatic carbocycles. The number of methoxy groups -OCH3 is 1. The van der Waals surface area contributed by atoms with Crippen molar-refractivity contribution in [3.63, 3.8) is 0 Å². The molecule has 1 atom stereocenters. The number of aryl methyl sites for hydroxylation is 2. The summed E-state index contributed by atoms with van der Waals surface area (Å²) in [5.74, 6) is 0.894. The Morgan fingerprint density at radius 2 is 1.80 bits per heavy atom. The van der Waals surface area contributed by atoms with E-state index in [1.54, 1.807) is 7.11 Å². The van der Waals surface area contributed by atoms with Crippen LogP contribution in [-0.4, -0.2) is 49.8 Å². The number of hydrogen-bond donors (Lipinski definition) is 1. The van der Waals surface area contributed by atoms with E-state index >= 15 is 0 Å². The molecule has 1 heterocycles. The first-order chi connectivity index (χ1) is 12.1. The lowest BCUT2D eigenvalue weighted by Gasteiger charge is -2.37. The Morgan fingerprint density at radius 1 is 1.04 bits per heavy atom. The molecule has 25 heavy (non-hydrogen) atoms. The van der Waals surface area contributed by atoms with Gasteiger partial charge in [0.15, 0.2) is 0 Å². The predicted molar refractivity (Wildman–Crippen MR) is 103 cm³/mol. The molecule has 0 aromatic heterocycles. The minimum absolute atomic E-state index is 0.428. The number of ether oxygens (including phenoxy) is 1. The summed E-state index contributed by atoms with van der Waals surface area (Å²) in [6.07, 6.45) is -0.428. The third-order valence-corrected chi connectivity index (χ3v) is 5.02. The lowest BCUT2D eigenvalue weighted by molar-refractivity contribution is 0.109. The molecule has 4 nitrogen and oxygen atoms in total. The van der Waals surface area contributed by atoms with Crippen molar-refractivity contribution in [2.45, 2.75) is 20.0 Å². The topological polar surface area (TPSA) is 35.9 Å². The van der Waals surface area contributed by atoms with Gasteiger partial charge < -0.3 is 14.7 Å². The van der Waals surface area contributed by atoms with Crippen molar-refractivity contribution in [1.29, 1.82) is 0 Å². The second-order valence-corrected chi connectivity index (χ2v) is 6.86. The first-order valence-electron chi connectivity index (χ1n) is 8.93. The molecular weight excluding hydrogens is 312 g/mol. The number of β-amino-alcohol motifs (C(OH)–C–C–N with tert-alkyl or cyclic N) is 1. The molecule has 0 bridgehead atoms. The molecule has 0 amide bonds. The zero-order chi connectivity index (χ0) is 17.8. The Kier molecular flexibility index (Phi) is 5.61.